The molecule has 0 amide bonds. The van der Waals surface area contributed by atoms with Gasteiger partial charge in [0.15, 0.2) is 0 Å². The Balaban J connectivity index is 2.08. The minimum atomic E-state index is 0.848. The van der Waals surface area contributed by atoms with E-state index in [0.29, 0.717) is 0 Å². The molecule has 1 N–H and O–H groups in total. The number of pyridine rings is 2. The summed E-state index contributed by atoms with van der Waals surface area (Å²) >= 11 is 4.99. The van der Waals surface area contributed by atoms with Crippen LogP contribution >= 0.6 is 27.7 Å². The minimum absolute atomic E-state index is 0.848. The second-order valence-electron chi connectivity index (χ2n) is 4.06. The zero-order valence-electron chi connectivity index (χ0n) is 10.8. The quantitative estimate of drug-likeness (QED) is 0.811. The number of hydrogen-bond acceptors (Lipinski definition) is 4. The van der Waals surface area contributed by atoms with Gasteiger partial charge in [-0.25, -0.2) is 9.97 Å². The van der Waals surface area contributed by atoms with Gasteiger partial charge >= 0.3 is 0 Å². The van der Waals surface area contributed by atoms with E-state index in [1.807, 2.05) is 24.4 Å². The van der Waals surface area contributed by atoms with Gasteiger partial charge in [0.1, 0.15) is 10.1 Å². The van der Waals surface area contributed by atoms with Crippen molar-refractivity contribution >= 4 is 27.7 Å². The number of nitrogens with one attached hydrogen (secondary N) is 1. The molecule has 2 aromatic rings. The normalized spacial score (nSPS) is 10.6. The van der Waals surface area contributed by atoms with Gasteiger partial charge in [-0.2, -0.15) is 0 Å². The second kappa shape index (κ2) is 7.62. The molecule has 0 aliphatic carbocycles. The van der Waals surface area contributed by atoms with Crippen LogP contribution in [0.2, 0.25) is 0 Å². The molecule has 0 saturated carbocycles. The number of rotatable bonds is 6. The summed E-state index contributed by atoms with van der Waals surface area (Å²) in [5.41, 5.74) is 1.21. The standard InChI is InChI=1S/C14H16BrN3S/c1-2-7-16-9-11-4-3-8-17-14(11)19-13-6-5-12(15)10-18-13/h3-6,8,10,16H,2,7,9H2,1H3. The maximum Gasteiger partial charge on any atom is 0.107 e. The van der Waals surface area contributed by atoms with Gasteiger partial charge < -0.3 is 5.32 Å². The minimum Gasteiger partial charge on any atom is -0.313 e. The highest BCUT2D eigenvalue weighted by Crippen LogP contribution is 2.27. The van der Waals surface area contributed by atoms with Crippen LogP contribution in [0.3, 0.4) is 0 Å². The SMILES string of the molecule is CCCNCc1cccnc1Sc1ccc(Br)cn1. The summed E-state index contributed by atoms with van der Waals surface area (Å²) in [6.45, 7) is 4.04. The van der Waals surface area contributed by atoms with Crippen LogP contribution in [0.5, 0.6) is 0 Å². The smallest absolute Gasteiger partial charge is 0.107 e. The van der Waals surface area contributed by atoms with Gasteiger partial charge in [0.2, 0.25) is 0 Å². The molecule has 2 rings (SSSR count). The average molecular weight is 338 g/mol. The lowest BCUT2D eigenvalue weighted by Gasteiger charge is -2.08. The summed E-state index contributed by atoms with van der Waals surface area (Å²) < 4.78 is 0.989. The van der Waals surface area contributed by atoms with Crippen molar-refractivity contribution in [1.82, 2.24) is 15.3 Å². The fourth-order valence-electron chi connectivity index (χ4n) is 1.57. The van der Waals surface area contributed by atoms with Crippen LogP contribution in [0, 0.1) is 0 Å². The highest BCUT2D eigenvalue weighted by molar-refractivity contribution is 9.10. The van der Waals surface area contributed by atoms with Crippen LogP contribution in [-0.2, 0) is 6.54 Å². The Labute approximate surface area is 126 Å². The van der Waals surface area contributed by atoms with Crippen LogP contribution in [0.4, 0.5) is 0 Å². The molecule has 0 radical (unpaired) electrons. The molecule has 0 unspecified atom stereocenters. The van der Waals surface area contributed by atoms with Crippen LogP contribution < -0.4 is 5.32 Å². The summed E-state index contributed by atoms with van der Waals surface area (Å²) in [7, 11) is 0. The van der Waals surface area contributed by atoms with Gasteiger partial charge in [-0.15, -0.1) is 0 Å². The lowest BCUT2D eigenvalue weighted by atomic mass is 10.3. The molecular weight excluding hydrogens is 322 g/mol. The van der Waals surface area contributed by atoms with Crippen LogP contribution in [0.15, 0.2) is 51.2 Å². The first-order valence-corrected chi connectivity index (χ1v) is 7.84. The molecule has 0 fully saturated rings. The largest absolute Gasteiger partial charge is 0.313 e. The first-order valence-electron chi connectivity index (χ1n) is 6.23. The Morgan fingerprint density at radius 1 is 1.26 bits per heavy atom. The zero-order valence-corrected chi connectivity index (χ0v) is 13.2. The molecule has 2 aromatic heterocycles. The van der Waals surface area contributed by atoms with Crippen molar-refractivity contribution in [2.24, 2.45) is 0 Å². The first-order chi connectivity index (χ1) is 9.29. The zero-order chi connectivity index (χ0) is 13.5. The maximum atomic E-state index is 4.45. The number of hydrogen-bond donors (Lipinski definition) is 1. The van der Waals surface area contributed by atoms with E-state index in [0.717, 1.165) is 34.0 Å². The summed E-state index contributed by atoms with van der Waals surface area (Å²) in [5.74, 6) is 0. The van der Waals surface area contributed by atoms with Gasteiger partial charge in [-0.05, 0) is 64.4 Å². The molecule has 0 saturated heterocycles. The monoisotopic (exact) mass is 337 g/mol. The van der Waals surface area contributed by atoms with E-state index in [2.05, 4.69) is 44.2 Å². The molecule has 2 heterocycles. The Bertz CT molecular complexity index is 516. The fraction of sp³-hybridized carbons (Fsp3) is 0.286. The van der Waals surface area contributed by atoms with Crippen molar-refractivity contribution in [1.29, 1.82) is 0 Å². The van der Waals surface area contributed by atoms with Gasteiger partial charge in [0.25, 0.3) is 0 Å². The van der Waals surface area contributed by atoms with Crippen molar-refractivity contribution in [3.63, 3.8) is 0 Å². The topological polar surface area (TPSA) is 37.8 Å². The van der Waals surface area contributed by atoms with Crippen LogP contribution in [0.25, 0.3) is 0 Å². The van der Waals surface area contributed by atoms with Crippen molar-refractivity contribution < 1.29 is 0 Å². The van der Waals surface area contributed by atoms with Crippen molar-refractivity contribution in [2.45, 2.75) is 29.9 Å². The Kier molecular flexibility index (Phi) is 5.82. The van der Waals surface area contributed by atoms with Crippen LogP contribution in [0.1, 0.15) is 18.9 Å². The molecule has 0 bridgehead atoms. The van der Waals surface area contributed by atoms with Gasteiger partial charge in [-0.1, -0.05) is 13.0 Å². The Morgan fingerprint density at radius 2 is 2.16 bits per heavy atom. The van der Waals surface area contributed by atoms with Crippen molar-refractivity contribution in [3.8, 4) is 0 Å². The maximum absolute atomic E-state index is 4.45. The van der Waals surface area contributed by atoms with Crippen molar-refractivity contribution in [3.05, 3.63) is 46.7 Å². The number of nitrogens with zero attached hydrogens (tertiary/aromatic N) is 2. The highest BCUT2D eigenvalue weighted by atomic mass is 79.9. The molecular formula is C14H16BrN3S. The van der Waals surface area contributed by atoms with E-state index in [1.165, 1.54) is 5.56 Å². The van der Waals surface area contributed by atoms with E-state index in [9.17, 15) is 0 Å². The molecule has 0 spiro atoms. The van der Waals surface area contributed by atoms with E-state index >= 15 is 0 Å². The molecule has 0 aromatic carbocycles. The van der Waals surface area contributed by atoms with Crippen LogP contribution in [-0.4, -0.2) is 16.5 Å². The number of halogens is 1. The van der Waals surface area contributed by atoms with E-state index < -0.39 is 0 Å². The van der Waals surface area contributed by atoms with E-state index in [-0.39, 0.29) is 0 Å². The van der Waals surface area contributed by atoms with Crippen molar-refractivity contribution in [2.75, 3.05) is 6.54 Å². The average Bonchev–Trinajstić information content (AvgIpc) is 2.43. The highest BCUT2D eigenvalue weighted by Gasteiger charge is 2.06. The molecule has 3 nitrogen and oxygen atoms in total. The molecule has 5 heteroatoms. The summed E-state index contributed by atoms with van der Waals surface area (Å²) in [6, 6.07) is 8.07. The molecule has 0 aliphatic rings. The predicted molar refractivity (Wildman–Crippen MR) is 82.3 cm³/mol. The van der Waals surface area contributed by atoms with Gasteiger partial charge in [-0.3, -0.25) is 0 Å². The van der Waals surface area contributed by atoms with E-state index in [4.69, 9.17) is 0 Å². The Morgan fingerprint density at radius 3 is 2.89 bits per heavy atom. The predicted octanol–water partition coefficient (Wildman–Crippen LogP) is 3.89. The third-order valence-electron chi connectivity index (χ3n) is 2.49. The molecule has 0 aliphatic heterocycles. The third-order valence-corrected chi connectivity index (χ3v) is 3.97. The third kappa shape index (κ3) is 4.60. The van der Waals surface area contributed by atoms with Gasteiger partial charge in [0.05, 0.1) is 0 Å². The van der Waals surface area contributed by atoms with Gasteiger partial charge in [0, 0.05) is 23.4 Å². The Hall–Kier alpha value is -0.910. The fourth-order valence-corrected chi connectivity index (χ4v) is 2.63. The molecule has 0 atom stereocenters. The van der Waals surface area contributed by atoms with E-state index in [1.54, 1.807) is 18.0 Å². The molecule has 19 heavy (non-hydrogen) atoms. The lowest BCUT2D eigenvalue weighted by Crippen LogP contribution is -2.14. The lowest BCUT2D eigenvalue weighted by molar-refractivity contribution is 0.665. The summed E-state index contributed by atoms with van der Waals surface area (Å²) in [4.78, 5) is 8.81. The summed E-state index contributed by atoms with van der Waals surface area (Å²) in [5, 5.41) is 5.38. The first kappa shape index (κ1) is 14.5. The second-order valence-corrected chi connectivity index (χ2v) is 5.99. The number of aromatic nitrogens is 2. The summed E-state index contributed by atoms with van der Waals surface area (Å²) in [6.07, 6.45) is 4.77. The molecule has 100 valence electrons.